The summed E-state index contributed by atoms with van der Waals surface area (Å²) in [5.41, 5.74) is 0. The molecule has 1 fully saturated rings. The molecular weight excluding hydrogens is 216 g/mol. The Balaban J connectivity index is 0.000000304. The quantitative estimate of drug-likeness (QED) is 0.549. The minimum absolute atomic E-state index is 0.250. The van der Waals surface area contributed by atoms with Gasteiger partial charge in [-0.05, 0) is 38.5 Å². The van der Waals surface area contributed by atoms with Crippen LogP contribution in [0.5, 0.6) is 0 Å². The number of hydrogen-bond donors (Lipinski definition) is 1. The standard InChI is InChI=1S/C8H14O.C6H12O2/c1-2-9-8-6-4-3-5-7-8;1-2-8-6-4-3-5-7/h2,8H,1,3-7H2;2,7H,1,3-6H2. The van der Waals surface area contributed by atoms with Gasteiger partial charge in [-0.3, -0.25) is 0 Å². The predicted molar refractivity (Wildman–Crippen MR) is 70.6 cm³/mol. The van der Waals surface area contributed by atoms with Gasteiger partial charge in [-0.25, -0.2) is 0 Å². The van der Waals surface area contributed by atoms with E-state index in [0.29, 0.717) is 12.7 Å². The molecule has 0 unspecified atom stereocenters. The van der Waals surface area contributed by atoms with Crippen molar-refractivity contribution in [3.8, 4) is 0 Å². The fraction of sp³-hybridized carbons (Fsp3) is 0.714. The van der Waals surface area contributed by atoms with Crippen LogP contribution >= 0.6 is 0 Å². The zero-order chi connectivity index (χ0) is 12.8. The zero-order valence-electron chi connectivity index (χ0n) is 10.8. The molecule has 0 aromatic carbocycles. The largest absolute Gasteiger partial charge is 0.502 e. The molecule has 0 aromatic heterocycles. The average molecular weight is 242 g/mol. The number of rotatable bonds is 7. The smallest absolute Gasteiger partial charge is 0.0978 e. The van der Waals surface area contributed by atoms with Crippen LogP contribution in [-0.2, 0) is 9.47 Å². The third-order valence-corrected chi connectivity index (χ3v) is 2.63. The normalized spacial score (nSPS) is 15.4. The fourth-order valence-corrected chi connectivity index (χ4v) is 1.72. The highest BCUT2D eigenvalue weighted by atomic mass is 16.5. The summed E-state index contributed by atoms with van der Waals surface area (Å²) in [5.74, 6) is 0. The molecule has 0 bridgehead atoms. The third kappa shape index (κ3) is 11.3. The Morgan fingerprint density at radius 3 is 2.29 bits per heavy atom. The highest BCUT2D eigenvalue weighted by Crippen LogP contribution is 2.19. The maximum atomic E-state index is 8.28. The predicted octanol–water partition coefficient (Wildman–Crippen LogP) is 3.40. The lowest BCUT2D eigenvalue weighted by Crippen LogP contribution is -2.13. The van der Waals surface area contributed by atoms with Crippen molar-refractivity contribution in [1.29, 1.82) is 0 Å². The number of unbranched alkanes of at least 4 members (excludes halogenated alkanes) is 1. The fourth-order valence-electron chi connectivity index (χ4n) is 1.72. The number of aliphatic hydroxyl groups is 1. The maximum Gasteiger partial charge on any atom is 0.0978 e. The van der Waals surface area contributed by atoms with Crippen molar-refractivity contribution in [2.45, 2.75) is 51.0 Å². The molecule has 100 valence electrons. The first-order chi connectivity index (χ1) is 8.35. The van der Waals surface area contributed by atoms with Gasteiger partial charge >= 0.3 is 0 Å². The van der Waals surface area contributed by atoms with Gasteiger partial charge in [0.2, 0.25) is 0 Å². The second-order valence-electron chi connectivity index (χ2n) is 4.03. The summed E-state index contributed by atoms with van der Waals surface area (Å²) in [6.45, 7) is 7.83. The summed E-state index contributed by atoms with van der Waals surface area (Å²) >= 11 is 0. The van der Waals surface area contributed by atoms with Crippen molar-refractivity contribution in [3.63, 3.8) is 0 Å². The molecule has 17 heavy (non-hydrogen) atoms. The number of hydrogen-bond acceptors (Lipinski definition) is 3. The zero-order valence-corrected chi connectivity index (χ0v) is 10.8. The van der Waals surface area contributed by atoms with Gasteiger partial charge in [-0.1, -0.05) is 19.6 Å². The van der Waals surface area contributed by atoms with Gasteiger partial charge in [0.05, 0.1) is 25.2 Å². The van der Waals surface area contributed by atoms with Crippen molar-refractivity contribution < 1.29 is 14.6 Å². The van der Waals surface area contributed by atoms with E-state index in [1.54, 1.807) is 6.26 Å². The molecule has 1 aliphatic rings. The lowest BCUT2D eigenvalue weighted by atomic mass is 9.98. The average Bonchev–Trinajstić information content (AvgIpc) is 2.37. The van der Waals surface area contributed by atoms with Crippen molar-refractivity contribution in [2.75, 3.05) is 13.2 Å². The molecule has 1 saturated carbocycles. The molecular formula is C14H26O3. The molecule has 1 aliphatic carbocycles. The lowest BCUT2D eigenvalue weighted by Gasteiger charge is -2.20. The molecule has 0 radical (unpaired) electrons. The minimum Gasteiger partial charge on any atom is -0.502 e. The van der Waals surface area contributed by atoms with Crippen LogP contribution in [0.25, 0.3) is 0 Å². The van der Waals surface area contributed by atoms with Crippen LogP contribution in [0.1, 0.15) is 44.9 Å². The van der Waals surface area contributed by atoms with Crippen LogP contribution in [0, 0.1) is 0 Å². The molecule has 0 saturated heterocycles. The van der Waals surface area contributed by atoms with Gasteiger partial charge in [0.15, 0.2) is 0 Å². The van der Waals surface area contributed by atoms with E-state index in [0.717, 1.165) is 12.8 Å². The van der Waals surface area contributed by atoms with Crippen LogP contribution in [0.4, 0.5) is 0 Å². The van der Waals surface area contributed by atoms with Gasteiger partial charge in [0.25, 0.3) is 0 Å². The first-order valence-electron chi connectivity index (χ1n) is 6.45. The summed E-state index contributed by atoms with van der Waals surface area (Å²) < 4.78 is 10.0. The van der Waals surface area contributed by atoms with E-state index in [9.17, 15) is 0 Å². The number of ether oxygens (including phenoxy) is 2. The molecule has 0 atom stereocenters. The third-order valence-electron chi connectivity index (χ3n) is 2.63. The second-order valence-corrected chi connectivity index (χ2v) is 4.03. The van der Waals surface area contributed by atoms with E-state index in [1.807, 2.05) is 0 Å². The van der Waals surface area contributed by atoms with Crippen molar-refractivity contribution in [2.24, 2.45) is 0 Å². The molecule has 1 N–H and O–H groups in total. The van der Waals surface area contributed by atoms with Gasteiger partial charge in [-0.2, -0.15) is 0 Å². The van der Waals surface area contributed by atoms with Crippen LogP contribution in [0.2, 0.25) is 0 Å². The summed E-state index contributed by atoms with van der Waals surface area (Å²) in [4.78, 5) is 0. The Hall–Kier alpha value is -0.960. The van der Waals surface area contributed by atoms with Gasteiger partial charge in [-0.15, -0.1) is 0 Å². The summed E-state index contributed by atoms with van der Waals surface area (Å²) in [7, 11) is 0. The van der Waals surface area contributed by atoms with Crippen LogP contribution in [0.15, 0.2) is 25.7 Å². The van der Waals surface area contributed by atoms with Crippen molar-refractivity contribution >= 4 is 0 Å². The van der Waals surface area contributed by atoms with Crippen LogP contribution in [-0.4, -0.2) is 24.4 Å². The Bertz CT molecular complexity index is 174. The topological polar surface area (TPSA) is 38.7 Å². The molecule has 0 aromatic rings. The first-order valence-corrected chi connectivity index (χ1v) is 6.45. The van der Waals surface area contributed by atoms with Crippen molar-refractivity contribution in [1.82, 2.24) is 0 Å². The Morgan fingerprint density at radius 1 is 1.06 bits per heavy atom. The molecule has 0 amide bonds. The molecule has 3 heteroatoms. The van der Waals surface area contributed by atoms with Crippen LogP contribution < -0.4 is 0 Å². The highest BCUT2D eigenvalue weighted by Gasteiger charge is 2.11. The summed E-state index contributed by atoms with van der Waals surface area (Å²) in [6, 6.07) is 0. The lowest BCUT2D eigenvalue weighted by molar-refractivity contribution is 0.107. The Labute approximate surface area is 105 Å². The second kappa shape index (κ2) is 13.1. The Morgan fingerprint density at radius 2 is 1.76 bits per heavy atom. The first kappa shape index (κ1) is 16.0. The van der Waals surface area contributed by atoms with Crippen molar-refractivity contribution in [3.05, 3.63) is 25.7 Å². The Kier molecular flexibility index (Phi) is 12.4. The van der Waals surface area contributed by atoms with E-state index in [2.05, 4.69) is 13.2 Å². The minimum atomic E-state index is 0.250. The van der Waals surface area contributed by atoms with Gasteiger partial charge < -0.3 is 14.6 Å². The van der Waals surface area contributed by atoms with Gasteiger partial charge in [0.1, 0.15) is 0 Å². The molecule has 0 heterocycles. The molecule has 0 spiro atoms. The van der Waals surface area contributed by atoms with Gasteiger partial charge in [0, 0.05) is 6.61 Å². The number of aliphatic hydroxyl groups excluding tert-OH is 1. The van der Waals surface area contributed by atoms with E-state index in [-0.39, 0.29) is 6.61 Å². The highest BCUT2D eigenvalue weighted by molar-refractivity contribution is 4.67. The van der Waals surface area contributed by atoms with E-state index < -0.39 is 0 Å². The van der Waals surface area contributed by atoms with Crippen LogP contribution in [0.3, 0.4) is 0 Å². The van der Waals surface area contributed by atoms with E-state index in [4.69, 9.17) is 14.6 Å². The van der Waals surface area contributed by atoms with E-state index >= 15 is 0 Å². The molecule has 1 rings (SSSR count). The van der Waals surface area contributed by atoms with E-state index in [1.165, 1.54) is 38.4 Å². The summed E-state index contributed by atoms with van der Waals surface area (Å²) in [5, 5.41) is 8.28. The molecule has 0 aliphatic heterocycles. The monoisotopic (exact) mass is 242 g/mol. The summed E-state index contributed by atoms with van der Waals surface area (Å²) in [6.07, 6.45) is 11.7. The maximum absolute atomic E-state index is 8.28. The SMILES string of the molecule is C=COC1CCCCC1.C=COCCCCO. The molecule has 3 nitrogen and oxygen atoms in total.